The minimum Gasteiger partial charge on any atom is -0.493 e. The summed E-state index contributed by atoms with van der Waals surface area (Å²) in [7, 11) is 1.58. The van der Waals surface area contributed by atoms with Crippen LogP contribution in [-0.2, 0) is 0 Å². The molecule has 2 aromatic carbocycles. The van der Waals surface area contributed by atoms with E-state index >= 15 is 0 Å². The second-order valence-corrected chi connectivity index (χ2v) is 4.98. The third-order valence-corrected chi connectivity index (χ3v) is 3.09. The molecule has 20 heavy (non-hydrogen) atoms. The van der Waals surface area contributed by atoms with E-state index in [4.69, 9.17) is 19.9 Å². The van der Waals surface area contributed by atoms with Gasteiger partial charge in [-0.1, -0.05) is 22.0 Å². The summed E-state index contributed by atoms with van der Waals surface area (Å²) in [5, 5.41) is 0. The van der Waals surface area contributed by atoms with Crippen molar-refractivity contribution in [3.05, 3.63) is 46.9 Å². The Labute approximate surface area is 126 Å². The van der Waals surface area contributed by atoms with Gasteiger partial charge in [0.2, 0.25) is 0 Å². The van der Waals surface area contributed by atoms with Crippen molar-refractivity contribution in [3.8, 4) is 17.2 Å². The molecule has 0 aromatic heterocycles. The van der Waals surface area contributed by atoms with Gasteiger partial charge in [0.15, 0.2) is 11.5 Å². The average Bonchev–Trinajstić information content (AvgIpc) is 2.45. The van der Waals surface area contributed by atoms with Gasteiger partial charge < -0.3 is 19.9 Å². The van der Waals surface area contributed by atoms with E-state index in [0.717, 1.165) is 10.2 Å². The summed E-state index contributed by atoms with van der Waals surface area (Å²) in [5.74, 6) is 2.07. The number of methoxy groups -OCH3 is 1. The SMILES string of the molecule is COc1cc(N)ccc1OCCOc1cccc(Br)c1. The standard InChI is InChI=1S/C15H16BrNO3/c1-18-15-10-12(17)5-6-14(15)20-8-7-19-13-4-2-3-11(16)9-13/h2-6,9-10H,7-8,17H2,1H3. The summed E-state index contributed by atoms with van der Waals surface area (Å²) >= 11 is 3.39. The Balaban J connectivity index is 1.84. The third-order valence-electron chi connectivity index (χ3n) is 2.59. The Morgan fingerprint density at radius 3 is 2.55 bits per heavy atom. The van der Waals surface area contributed by atoms with Crippen molar-refractivity contribution in [2.24, 2.45) is 0 Å². The Morgan fingerprint density at radius 1 is 1.00 bits per heavy atom. The number of hydrogen-bond acceptors (Lipinski definition) is 4. The molecule has 0 aliphatic rings. The molecule has 0 atom stereocenters. The fourth-order valence-corrected chi connectivity index (χ4v) is 2.05. The molecular formula is C15H16BrNO3. The van der Waals surface area contributed by atoms with E-state index in [1.54, 1.807) is 25.3 Å². The first-order valence-corrected chi connectivity index (χ1v) is 6.93. The first kappa shape index (κ1) is 14.5. The number of hydrogen-bond donors (Lipinski definition) is 1. The quantitative estimate of drug-likeness (QED) is 0.647. The Hall–Kier alpha value is -1.88. The molecule has 0 radical (unpaired) electrons. The molecule has 5 heteroatoms. The van der Waals surface area contributed by atoms with E-state index in [1.165, 1.54) is 0 Å². The second kappa shape index (κ2) is 7.05. The van der Waals surface area contributed by atoms with Crippen molar-refractivity contribution in [3.63, 3.8) is 0 Å². The molecule has 2 aromatic rings. The molecule has 2 rings (SSSR count). The van der Waals surface area contributed by atoms with Gasteiger partial charge >= 0.3 is 0 Å². The van der Waals surface area contributed by atoms with Crippen molar-refractivity contribution in [1.82, 2.24) is 0 Å². The summed E-state index contributed by atoms with van der Waals surface area (Å²) in [6.45, 7) is 0.872. The van der Waals surface area contributed by atoms with Crippen molar-refractivity contribution < 1.29 is 14.2 Å². The number of benzene rings is 2. The lowest BCUT2D eigenvalue weighted by Gasteiger charge is -2.12. The lowest BCUT2D eigenvalue weighted by Crippen LogP contribution is -2.09. The molecule has 0 saturated carbocycles. The van der Waals surface area contributed by atoms with Crippen LogP contribution in [-0.4, -0.2) is 20.3 Å². The van der Waals surface area contributed by atoms with E-state index in [1.807, 2.05) is 24.3 Å². The minimum atomic E-state index is 0.423. The van der Waals surface area contributed by atoms with Gasteiger partial charge in [0.25, 0.3) is 0 Å². The number of nitrogens with two attached hydrogens (primary N) is 1. The Kier molecular flexibility index (Phi) is 5.12. The highest BCUT2D eigenvalue weighted by Crippen LogP contribution is 2.28. The van der Waals surface area contributed by atoms with Gasteiger partial charge in [-0.15, -0.1) is 0 Å². The number of anilines is 1. The van der Waals surface area contributed by atoms with Crippen LogP contribution in [0.2, 0.25) is 0 Å². The summed E-state index contributed by atoms with van der Waals surface area (Å²) in [6, 6.07) is 13.0. The maximum absolute atomic E-state index is 5.68. The predicted molar refractivity (Wildman–Crippen MR) is 82.5 cm³/mol. The summed E-state index contributed by atoms with van der Waals surface area (Å²) < 4.78 is 17.4. The lowest BCUT2D eigenvalue weighted by molar-refractivity contribution is 0.211. The molecule has 0 fully saturated rings. The highest BCUT2D eigenvalue weighted by atomic mass is 79.9. The summed E-state index contributed by atoms with van der Waals surface area (Å²) in [5.41, 5.74) is 6.32. The van der Waals surface area contributed by atoms with Crippen LogP contribution in [0.3, 0.4) is 0 Å². The van der Waals surface area contributed by atoms with E-state index in [9.17, 15) is 0 Å². The van der Waals surface area contributed by atoms with Crippen LogP contribution in [0, 0.1) is 0 Å². The maximum Gasteiger partial charge on any atom is 0.162 e. The van der Waals surface area contributed by atoms with Crippen LogP contribution in [0.1, 0.15) is 0 Å². The monoisotopic (exact) mass is 337 g/mol. The zero-order chi connectivity index (χ0) is 14.4. The number of nitrogen functional groups attached to an aromatic ring is 1. The smallest absolute Gasteiger partial charge is 0.162 e. The maximum atomic E-state index is 5.68. The Bertz CT molecular complexity index is 575. The Morgan fingerprint density at radius 2 is 1.80 bits per heavy atom. The van der Waals surface area contributed by atoms with E-state index in [0.29, 0.717) is 30.4 Å². The largest absolute Gasteiger partial charge is 0.493 e. The van der Waals surface area contributed by atoms with Crippen LogP contribution in [0.4, 0.5) is 5.69 Å². The van der Waals surface area contributed by atoms with Gasteiger partial charge in [0.05, 0.1) is 7.11 Å². The van der Waals surface area contributed by atoms with Crippen LogP contribution in [0.25, 0.3) is 0 Å². The van der Waals surface area contributed by atoms with E-state index in [2.05, 4.69) is 15.9 Å². The first-order valence-electron chi connectivity index (χ1n) is 6.14. The molecule has 2 N–H and O–H groups in total. The molecule has 0 heterocycles. The van der Waals surface area contributed by atoms with E-state index < -0.39 is 0 Å². The van der Waals surface area contributed by atoms with Gasteiger partial charge in [-0.2, -0.15) is 0 Å². The lowest BCUT2D eigenvalue weighted by atomic mass is 10.3. The zero-order valence-corrected chi connectivity index (χ0v) is 12.7. The summed E-state index contributed by atoms with van der Waals surface area (Å²) in [4.78, 5) is 0. The number of ether oxygens (including phenoxy) is 3. The minimum absolute atomic E-state index is 0.423. The van der Waals surface area contributed by atoms with Crippen molar-refractivity contribution >= 4 is 21.6 Å². The molecule has 0 bridgehead atoms. The molecule has 0 unspecified atom stereocenters. The van der Waals surface area contributed by atoms with Crippen molar-refractivity contribution in [2.75, 3.05) is 26.1 Å². The van der Waals surface area contributed by atoms with E-state index in [-0.39, 0.29) is 0 Å². The fraction of sp³-hybridized carbons (Fsp3) is 0.200. The van der Waals surface area contributed by atoms with Gasteiger partial charge in [0.1, 0.15) is 19.0 Å². The van der Waals surface area contributed by atoms with Crippen LogP contribution >= 0.6 is 15.9 Å². The highest BCUT2D eigenvalue weighted by Gasteiger charge is 2.04. The van der Waals surface area contributed by atoms with Crippen molar-refractivity contribution in [2.45, 2.75) is 0 Å². The predicted octanol–water partition coefficient (Wildman–Crippen LogP) is 3.50. The molecule has 4 nitrogen and oxygen atoms in total. The molecule has 0 aliphatic heterocycles. The second-order valence-electron chi connectivity index (χ2n) is 4.06. The molecule has 0 spiro atoms. The van der Waals surface area contributed by atoms with Crippen LogP contribution < -0.4 is 19.9 Å². The number of halogens is 1. The highest BCUT2D eigenvalue weighted by molar-refractivity contribution is 9.10. The first-order chi connectivity index (χ1) is 9.69. The molecular weight excluding hydrogens is 322 g/mol. The van der Waals surface area contributed by atoms with Crippen molar-refractivity contribution in [1.29, 1.82) is 0 Å². The molecule has 106 valence electrons. The fourth-order valence-electron chi connectivity index (χ4n) is 1.67. The topological polar surface area (TPSA) is 53.7 Å². The summed E-state index contributed by atoms with van der Waals surface area (Å²) in [6.07, 6.45) is 0. The third kappa shape index (κ3) is 4.06. The zero-order valence-electron chi connectivity index (χ0n) is 11.1. The van der Waals surface area contributed by atoms with Gasteiger partial charge in [-0.25, -0.2) is 0 Å². The van der Waals surface area contributed by atoms with Gasteiger partial charge in [0, 0.05) is 16.2 Å². The molecule has 0 amide bonds. The molecule has 0 saturated heterocycles. The molecule has 0 aliphatic carbocycles. The average molecular weight is 338 g/mol. The van der Waals surface area contributed by atoms with Gasteiger partial charge in [-0.05, 0) is 30.3 Å². The van der Waals surface area contributed by atoms with Crippen LogP contribution in [0.15, 0.2) is 46.9 Å². The number of rotatable bonds is 6. The normalized spacial score (nSPS) is 10.1. The van der Waals surface area contributed by atoms with Crippen LogP contribution in [0.5, 0.6) is 17.2 Å². The van der Waals surface area contributed by atoms with Gasteiger partial charge in [-0.3, -0.25) is 0 Å².